The topological polar surface area (TPSA) is 64.2 Å². The third-order valence-corrected chi connectivity index (χ3v) is 4.31. The molecular weight excluding hydrogens is 308 g/mol. The number of hydrogen-bond donors (Lipinski definition) is 1. The maximum atomic E-state index is 12.2. The molecule has 0 aromatic carbocycles. The van der Waals surface area contributed by atoms with E-state index in [0.717, 1.165) is 30.4 Å². The number of hydrogen-bond acceptors (Lipinski definition) is 3. The molecule has 1 amide bonds. The van der Waals surface area contributed by atoms with Crippen molar-refractivity contribution in [1.82, 2.24) is 14.7 Å². The molecule has 0 saturated carbocycles. The molecule has 1 saturated heterocycles. The highest BCUT2D eigenvalue weighted by atomic mass is 79.9. The Labute approximate surface area is 122 Å². The molecular formula is C13H21BrN4O. The number of rotatable bonds is 3. The van der Waals surface area contributed by atoms with Gasteiger partial charge in [-0.05, 0) is 35.7 Å². The first kappa shape index (κ1) is 14.5. The molecule has 106 valence electrons. The fourth-order valence-electron chi connectivity index (χ4n) is 2.38. The molecule has 2 N–H and O–H groups in total. The zero-order valence-corrected chi connectivity index (χ0v) is 13.0. The van der Waals surface area contributed by atoms with E-state index in [4.69, 9.17) is 5.73 Å². The van der Waals surface area contributed by atoms with Gasteiger partial charge in [0.05, 0.1) is 22.6 Å². The lowest BCUT2D eigenvalue weighted by Crippen LogP contribution is -2.45. The highest BCUT2D eigenvalue weighted by molar-refractivity contribution is 9.10. The summed E-state index contributed by atoms with van der Waals surface area (Å²) < 4.78 is 2.98. The molecule has 0 radical (unpaired) electrons. The van der Waals surface area contributed by atoms with Gasteiger partial charge in [-0.2, -0.15) is 5.10 Å². The van der Waals surface area contributed by atoms with Crippen LogP contribution in [0, 0.1) is 5.92 Å². The van der Waals surface area contributed by atoms with Crippen molar-refractivity contribution in [3.63, 3.8) is 0 Å². The maximum absolute atomic E-state index is 12.2. The normalized spacial score (nSPS) is 20.3. The van der Waals surface area contributed by atoms with E-state index in [1.54, 1.807) is 6.20 Å². The van der Waals surface area contributed by atoms with Crippen molar-refractivity contribution >= 4 is 21.8 Å². The van der Waals surface area contributed by atoms with E-state index in [0.29, 0.717) is 6.04 Å². The summed E-state index contributed by atoms with van der Waals surface area (Å²) in [4.78, 5) is 14.1. The van der Waals surface area contributed by atoms with Crippen LogP contribution in [0.3, 0.4) is 0 Å². The van der Waals surface area contributed by atoms with E-state index in [1.165, 1.54) is 0 Å². The average Bonchev–Trinajstić information content (AvgIpc) is 2.84. The van der Waals surface area contributed by atoms with Gasteiger partial charge in [0.2, 0.25) is 5.91 Å². The molecule has 2 atom stereocenters. The molecule has 1 aliphatic heterocycles. The van der Waals surface area contributed by atoms with E-state index < -0.39 is 0 Å². The van der Waals surface area contributed by atoms with Gasteiger partial charge in [0.1, 0.15) is 0 Å². The summed E-state index contributed by atoms with van der Waals surface area (Å²) in [5, 5.41) is 4.32. The maximum Gasteiger partial charge on any atom is 0.226 e. The summed E-state index contributed by atoms with van der Waals surface area (Å²) in [6.45, 7) is 5.37. The molecule has 0 bridgehead atoms. The van der Waals surface area contributed by atoms with Gasteiger partial charge >= 0.3 is 0 Å². The van der Waals surface area contributed by atoms with Crippen LogP contribution in [0.2, 0.25) is 0 Å². The lowest BCUT2D eigenvalue weighted by molar-refractivity contribution is -0.136. The Bertz CT molecular complexity index is 438. The SMILES string of the molecule is CC(N)C(C)C(=O)N1CCC(n2cc(Br)cn2)CC1. The van der Waals surface area contributed by atoms with Crippen molar-refractivity contribution in [1.29, 1.82) is 0 Å². The quantitative estimate of drug-likeness (QED) is 0.920. The van der Waals surface area contributed by atoms with Gasteiger partial charge in [-0.25, -0.2) is 0 Å². The Morgan fingerprint density at radius 3 is 2.58 bits per heavy atom. The fraction of sp³-hybridized carbons (Fsp3) is 0.692. The first-order chi connectivity index (χ1) is 8.99. The van der Waals surface area contributed by atoms with Crippen molar-refractivity contribution < 1.29 is 4.79 Å². The highest BCUT2D eigenvalue weighted by Crippen LogP contribution is 2.24. The standard InChI is InChI=1S/C13H21BrN4O/c1-9(10(2)15)13(19)17-5-3-12(4-6-17)18-8-11(14)7-16-18/h7-10,12H,3-6,15H2,1-2H3. The van der Waals surface area contributed by atoms with Gasteiger partial charge < -0.3 is 10.6 Å². The monoisotopic (exact) mass is 328 g/mol. The van der Waals surface area contributed by atoms with Crippen LogP contribution in [0.15, 0.2) is 16.9 Å². The minimum Gasteiger partial charge on any atom is -0.342 e. The van der Waals surface area contributed by atoms with Gasteiger partial charge in [-0.1, -0.05) is 6.92 Å². The minimum atomic E-state index is -0.101. The van der Waals surface area contributed by atoms with Crippen molar-refractivity contribution in [3.8, 4) is 0 Å². The largest absolute Gasteiger partial charge is 0.342 e. The molecule has 6 heteroatoms. The summed E-state index contributed by atoms with van der Waals surface area (Å²) in [7, 11) is 0. The number of carbonyl (C=O) groups excluding carboxylic acids is 1. The van der Waals surface area contributed by atoms with Crippen LogP contribution in [0.1, 0.15) is 32.7 Å². The smallest absolute Gasteiger partial charge is 0.226 e. The lowest BCUT2D eigenvalue weighted by atomic mass is 9.99. The average molecular weight is 329 g/mol. The van der Waals surface area contributed by atoms with Crippen LogP contribution >= 0.6 is 15.9 Å². The van der Waals surface area contributed by atoms with E-state index in [1.807, 2.05) is 29.6 Å². The Balaban J connectivity index is 1.90. The molecule has 2 rings (SSSR count). The summed E-state index contributed by atoms with van der Waals surface area (Å²) in [5.41, 5.74) is 5.80. The van der Waals surface area contributed by atoms with E-state index in [2.05, 4.69) is 21.0 Å². The third-order valence-electron chi connectivity index (χ3n) is 3.90. The van der Waals surface area contributed by atoms with Crippen molar-refractivity contribution in [2.24, 2.45) is 11.7 Å². The van der Waals surface area contributed by atoms with Crippen molar-refractivity contribution in [2.45, 2.75) is 38.8 Å². The number of amides is 1. The van der Waals surface area contributed by atoms with Crippen molar-refractivity contribution in [2.75, 3.05) is 13.1 Å². The number of carbonyl (C=O) groups is 1. The summed E-state index contributed by atoms with van der Waals surface area (Å²) in [5.74, 6) is 0.0745. The molecule has 1 fully saturated rings. The number of halogens is 1. The summed E-state index contributed by atoms with van der Waals surface area (Å²) >= 11 is 3.41. The van der Waals surface area contributed by atoms with E-state index in [9.17, 15) is 4.79 Å². The Hall–Kier alpha value is -0.880. The fourth-order valence-corrected chi connectivity index (χ4v) is 2.68. The molecule has 1 aliphatic rings. The second kappa shape index (κ2) is 6.05. The van der Waals surface area contributed by atoms with Crippen LogP contribution in [-0.2, 0) is 4.79 Å². The minimum absolute atomic E-state index is 0.0905. The van der Waals surface area contributed by atoms with Crippen LogP contribution in [0.4, 0.5) is 0 Å². The zero-order valence-electron chi connectivity index (χ0n) is 11.4. The number of nitrogens with two attached hydrogens (primary N) is 1. The van der Waals surface area contributed by atoms with Crippen LogP contribution in [0.5, 0.6) is 0 Å². The Morgan fingerprint density at radius 2 is 2.11 bits per heavy atom. The molecule has 1 aromatic heterocycles. The van der Waals surface area contributed by atoms with E-state index in [-0.39, 0.29) is 17.9 Å². The summed E-state index contributed by atoms with van der Waals surface area (Å²) in [6.07, 6.45) is 5.69. The number of piperidine rings is 1. The van der Waals surface area contributed by atoms with Crippen LogP contribution in [-0.4, -0.2) is 39.7 Å². The molecule has 5 nitrogen and oxygen atoms in total. The third kappa shape index (κ3) is 3.36. The van der Waals surface area contributed by atoms with Gasteiger partial charge in [0.25, 0.3) is 0 Å². The van der Waals surface area contributed by atoms with Crippen LogP contribution in [0.25, 0.3) is 0 Å². The zero-order chi connectivity index (χ0) is 14.0. The van der Waals surface area contributed by atoms with Gasteiger partial charge in [0.15, 0.2) is 0 Å². The number of likely N-dealkylation sites (tertiary alicyclic amines) is 1. The predicted octanol–water partition coefficient (Wildman–Crippen LogP) is 1.79. The van der Waals surface area contributed by atoms with Gasteiger partial charge in [0, 0.05) is 25.3 Å². The predicted molar refractivity (Wildman–Crippen MR) is 77.6 cm³/mol. The van der Waals surface area contributed by atoms with E-state index >= 15 is 0 Å². The summed E-state index contributed by atoms with van der Waals surface area (Å²) in [6, 6.07) is 0.299. The number of nitrogens with zero attached hydrogens (tertiary/aromatic N) is 3. The highest BCUT2D eigenvalue weighted by Gasteiger charge is 2.28. The molecule has 0 aliphatic carbocycles. The van der Waals surface area contributed by atoms with Gasteiger partial charge in [-0.15, -0.1) is 0 Å². The first-order valence-corrected chi connectivity index (χ1v) is 7.52. The van der Waals surface area contributed by atoms with Gasteiger partial charge in [-0.3, -0.25) is 9.48 Å². The Morgan fingerprint density at radius 1 is 1.47 bits per heavy atom. The van der Waals surface area contributed by atoms with Crippen molar-refractivity contribution in [3.05, 3.63) is 16.9 Å². The lowest BCUT2D eigenvalue weighted by Gasteiger charge is -2.34. The molecule has 2 heterocycles. The second-order valence-corrected chi connectivity index (χ2v) is 6.26. The molecule has 19 heavy (non-hydrogen) atoms. The second-order valence-electron chi connectivity index (χ2n) is 5.34. The molecule has 2 unspecified atom stereocenters. The number of aromatic nitrogens is 2. The molecule has 0 spiro atoms. The first-order valence-electron chi connectivity index (χ1n) is 6.73. The molecule has 1 aromatic rings. The van der Waals surface area contributed by atoms with Crippen LogP contribution < -0.4 is 5.73 Å². The Kier molecular flexibility index (Phi) is 4.62.